The van der Waals surface area contributed by atoms with E-state index in [0.717, 1.165) is 51.7 Å². The molecule has 4 rings (SSSR count). The Labute approximate surface area is 238 Å². The lowest BCUT2D eigenvalue weighted by Crippen LogP contribution is -2.23. The number of rotatable bonds is 10. The highest BCUT2D eigenvalue weighted by molar-refractivity contribution is 8.00. The van der Waals surface area contributed by atoms with Gasteiger partial charge in [-0.1, -0.05) is 30.4 Å². The van der Waals surface area contributed by atoms with Crippen LogP contribution in [0, 0.1) is 5.92 Å². The minimum absolute atomic E-state index is 0.00966. The zero-order valence-corrected chi connectivity index (χ0v) is 24.6. The molecule has 39 heavy (non-hydrogen) atoms. The van der Waals surface area contributed by atoms with Gasteiger partial charge in [-0.15, -0.1) is 23.1 Å². The van der Waals surface area contributed by atoms with Crippen LogP contribution in [0.2, 0.25) is 0 Å². The molecule has 0 saturated heterocycles. The Balaban J connectivity index is 1.42. The van der Waals surface area contributed by atoms with Gasteiger partial charge < -0.3 is 19.4 Å². The van der Waals surface area contributed by atoms with E-state index in [1.165, 1.54) is 22.7 Å². The molecule has 0 aliphatic heterocycles. The van der Waals surface area contributed by atoms with E-state index in [9.17, 15) is 19.2 Å². The molecule has 2 aromatic heterocycles. The predicted octanol–water partition coefficient (Wildman–Crippen LogP) is 4.43. The monoisotopic (exact) mass is 589 g/mol. The third kappa shape index (κ3) is 7.17. The van der Waals surface area contributed by atoms with Crippen LogP contribution in [0.5, 0.6) is 0 Å². The first-order valence-electron chi connectivity index (χ1n) is 12.8. The summed E-state index contributed by atoms with van der Waals surface area (Å²) in [5.41, 5.74) is 2.23. The van der Waals surface area contributed by atoms with Crippen LogP contribution in [0.25, 0.3) is 10.2 Å². The first-order valence-corrected chi connectivity index (χ1v) is 15.6. The number of aromatic nitrogens is 1. The molecule has 3 aromatic rings. The van der Waals surface area contributed by atoms with E-state index in [1.54, 1.807) is 18.4 Å². The highest BCUT2D eigenvalue weighted by atomic mass is 32.2. The Bertz CT molecular complexity index is 1450. The van der Waals surface area contributed by atoms with Gasteiger partial charge in [0, 0.05) is 4.88 Å². The van der Waals surface area contributed by atoms with E-state index in [1.807, 2.05) is 24.3 Å². The van der Waals surface area contributed by atoms with E-state index in [2.05, 4.69) is 17.2 Å². The maximum Gasteiger partial charge on any atom is 0.341 e. The number of carbonyl (C=O) groups excluding carboxylic acids is 4. The summed E-state index contributed by atoms with van der Waals surface area (Å²) in [6.45, 7) is 6.15. The van der Waals surface area contributed by atoms with Gasteiger partial charge in [-0.25, -0.2) is 4.79 Å². The Morgan fingerprint density at radius 1 is 1.10 bits per heavy atom. The molecule has 2 heterocycles. The molecule has 0 spiro atoms. The Kier molecular flexibility index (Phi) is 9.98. The molecule has 208 valence electrons. The van der Waals surface area contributed by atoms with Crippen molar-refractivity contribution in [1.82, 2.24) is 4.57 Å². The number of para-hydroxylation sites is 1. The molecular formula is C27H31N3O6S3. The molecule has 1 aliphatic rings. The van der Waals surface area contributed by atoms with Crippen molar-refractivity contribution < 1.29 is 28.7 Å². The maximum atomic E-state index is 12.7. The second-order valence-electron chi connectivity index (χ2n) is 9.07. The molecule has 1 aliphatic carbocycles. The standard InChI is InChI=1S/C27H31N3O6S3/c1-4-35-23(33)13-30-18-8-6-7-9-19(18)39-27(30)29-22(32)15-37-14-21(31)28-25-24(26(34)36-5-2)17-11-10-16(3)12-20(17)38-25/h6-9,16H,4-5,10-15H2,1-3H3,(H,28,31). The predicted molar refractivity (Wildman–Crippen MR) is 154 cm³/mol. The molecular weight excluding hydrogens is 559 g/mol. The van der Waals surface area contributed by atoms with Gasteiger partial charge in [0.15, 0.2) is 4.80 Å². The minimum Gasteiger partial charge on any atom is -0.465 e. The van der Waals surface area contributed by atoms with Crippen molar-refractivity contribution >= 4 is 73.4 Å². The van der Waals surface area contributed by atoms with Gasteiger partial charge in [0.05, 0.1) is 40.5 Å². The summed E-state index contributed by atoms with van der Waals surface area (Å²) >= 11 is 3.89. The minimum atomic E-state index is -0.416. The third-order valence-electron chi connectivity index (χ3n) is 6.10. The summed E-state index contributed by atoms with van der Waals surface area (Å²) in [7, 11) is 0. The first-order chi connectivity index (χ1) is 18.8. The third-order valence-corrected chi connectivity index (χ3v) is 9.25. The van der Waals surface area contributed by atoms with Gasteiger partial charge in [0.2, 0.25) is 5.91 Å². The van der Waals surface area contributed by atoms with Crippen LogP contribution in [-0.2, 0) is 43.2 Å². The summed E-state index contributed by atoms with van der Waals surface area (Å²) in [5.74, 6) is -0.998. The number of esters is 2. The Morgan fingerprint density at radius 3 is 2.64 bits per heavy atom. The number of nitrogens with one attached hydrogen (secondary N) is 1. The quantitative estimate of drug-likeness (QED) is 0.348. The first kappa shape index (κ1) is 29.0. The van der Waals surface area contributed by atoms with E-state index < -0.39 is 17.8 Å². The molecule has 2 amide bonds. The fourth-order valence-corrected chi connectivity index (χ4v) is 7.45. The number of fused-ring (bicyclic) bond motifs is 2. The van der Waals surface area contributed by atoms with Crippen molar-refractivity contribution in [3.8, 4) is 0 Å². The molecule has 1 unspecified atom stereocenters. The molecule has 0 saturated carbocycles. The highest BCUT2D eigenvalue weighted by Crippen LogP contribution is 2.40. The van der Waals surface area contributed by atoms with Crippen LogP contribution in [0.4, 0.5) is 5.00 Å². The maximum absolute atomic E-state index is 12.7. The number of benzene rings is 1. The second kappa shape index (κ2) is 13.4. The summed E-state index contributed by atoms with van der Waals surface area (Å²) in [6, 6.07) is 7.50. The van der Waals surface area contributed by atoms with Gasteiger partial charge in [0.1, 0.15) is 11.5 Å². The number of hydrogen-bond acceptors (Lipinski definition) is 9. The largest absolute Gasteiger partial charge is 0.465 e. The highest BCUT2D eigenvalue weighted by Gasteiger charge is 2.29. The fraction of sp³-hybridized carbons (Fsp3) is 0.444. The number of thiophene rings is 1. The molecule has 0 bridgehead atoms. The zero-order valence-electron chi connectivity index (χ0n) is 22.1. The summed E-state index contributed by atoms with van der Waals surface area (Å²) in [6.07, 6.45) is 2.65. The van der Waals surface area contributed by atoms with E-state index in [0.29, 0.717) is 21.3 Å². The van der Waals surface area contributed by atoms with Crippen molar-refractivity contribution in [1.29, 1.82) is 0 Å². The second-order valence-corrected chi connectivity index (χ2v) is 12.2. The molecule has 1 atom stereocenters. The van der Waals surface area contributed by atoms with Crippen molar-refractivity contribution in [2.75, 3.05) is 30.0 Å². The summed E-state index contributed by atoms with van der Waals surface area (Å²) in [4.78, 5) is 56.0. The van der Waals surface area contributed by atoms with Gasteiger partial charge in [-0.2, -0.15) is 4.99 Å². The van der Waals surface area contributed by atoms with Crippen molar-refractivity contribution in [3.05, 3.63) is 45.1 Å². The van der Waals surface area contributed by atoms with Crippen LogP contribution in [0.15, 0.2) is 29.3 Å². The van der Waals surface area contributed by atoms with E-state index in [-0.39, 0.29) is 37.2 Å². The van der Waals surface area contributed by atoms with Crippen LogP contribution in [-0.4, -0.2) is 53.0 Å². The van der Waals surface area contributed by atoms with Gasteiger partial charge in [-0.3, -0.25) is 14.4 Å². The van der Waals surface area contributed by atoms with Crippen LogP contribution < -0.4 is 10.1 Å². The van der Waals surface area contributed by atoms with Crippen LogP contribution in [0.1, 0.15) is 48.0 Å². The normalized spacial score (nSPS) is 15.2. The molecule has 9 nitrogen and oxygen atoms in total. The van der Waals surface area contributed by atoms with Gasteiger partial charge in [-0.05, 0) is 56.7 Å². The SMILES string of the molecule is CCOC(=O)Cn1c(=NC(=O)CSCC(=O)Nc2sc3c(c2C(=O)OCC)CCC(C)C3)sc2ccccc21. The lowest BCUT2D eigenvalue weighted by atomic mass is 9.88. The number of anilines is 1. The number of thiazole rings is 1. The lowest BCUT2D eigenvalue weighted by molar-refractivity contribution is -0.143. The number of carbonyl (C=O) groups is 4. The zero-order chi connectivity index (χ0) is 27.9. The van der Waals surface area contributed by atoms with Crippen molar-refractivity contribution in [2.24, 2.45) is 10.9 Å². The Hall–Kier alpha value is -2.96. The smallest absolute Gasteiger partial charge is 0.341 e. The van der Waals surface area contributed by atoms with E-state index >= 15 is 0 Å². The molecule has 0 radical (unpaired) electrons. The lowest BCUT2D eigenvalue weighted by Gasteiger charge is -2.18. The van der Waals surface area contributed by atoms with Crippen LogP contribution in [0.3, 0.4) is 0 Å². The number of thioether (sulfide) groups is 1. The summed E-state index contributed by atoms with van der Waals surface area (Å²) in [5, 5.41) is 3.38. The fourth-order valence-electron chi connectivity index (χ4n) is 4.39. The van der Waals surface area contributed by atoms with Gasteiger partial charge >= 0.3 is 11.9 Å². The average molecular weight is 590 g/mol. The molecule has 1 N–H and O–H groups in total. The number of nitrogens with zero attached hydrogens (tertiary/aromatic N) is 2. The number of amides is 2. The summed E-state index contributed by atoms with van der Waals surface area (Å²) < 4.78 is 12.9. The molecule has 12 heteroatoms. The Morgan fingerprint density at radius 2 is 1.87 bits per heavy atom. The van der Waals surface area contributed by atoms with Crippen LogP contribution >= 0.6 is 34.4 Å². The molecule has 0 fully saturated rings. The average Bonchev–Trinajstić information content (AvgIpc) is 3.41. The van der Waals surface area contributed by atoms with Gasteiger partial charge in [0.25, 0.3) is 5.91 Å². The number of ether oxygens (including phenoxy) is 2. The topological polar surface area (TPSA) is 116 Å². The molecule has 1 aromatic carbocycles. The van der Waals surface area contributed by atoms with E-state index in [4.69, 9.17) is 9.47 Å². The number of hydrogen-bond donors (Lipinski definition) is 1. The van der Waals surface area contributed by atoms with Crippen molar-refractivity contribution in [2.45, 2.75) is 46.6 Å². The van der Waals surface area contributed by atoms with Crippen molar-refractivity contribution in [3.63, 3.8) is 0 Å².